The lowest BCUT2D eigenvalue weighted by Crippen LogP contribution is -2.48. The highest BCUT2D eigenvalue weighted by atomic mass is 32.1. The summed E-state index contributed by atoms with van der Waals surface area (Å²) in [5.74, 6) is 0.196. The second kappa shape index (κ2) is 5.25. The molecule has 1 amide bonds. The lowest BCUT2D eigenvalue weighted by molar-refractivity contribution is -0.0585. The Kier molecular flexibility index (Phi) is 3.63. The number of thiophene rings is 1. The molecule has 1 aromatic rings. The molecule has 0 saturated carbocycles. The molecule has 0 radical (unpaired) electrons. The Morgan fingerprint density at radius 2 is 1.95 bits per heavy atom. The van der Waals surface area contributed by atoms with Gasteiger partial charge in [-0.15, -0.1) is 11.3 Å². The van der Waals surface area contributed by atoms with Gasteiger partial charge in [0.1, 0.15) is 0 Å². The molecule has 3 nitrogen and oxygen atoms in total. The minimum absolute atomic E-state index is 0.141. The van der Waals surface area contributed by atoms with E-state index < -0.39 is 0 Å². The highest BCUT2D eigenvalue weighted by Gasteiger charge is 2.28. The molecule has 2 aliphatic rings. The van der Waals surface area contributed by atoms with Crippen molar-refractivity contribution in [3.8, 4) is 0 Å². The van der Waals surface area contributed by atoms with Crippen molar-refractivity contribution in [2.75, 3.05) is 13.1 Å². The topological polar surface area (TPSA) is 29.5 Å². The number of hydrogen-bond donors (Lipinski definition) is 0. The first-order valence-electron chi connectivity index (χ1n) is 7.20. The molecular formula is C15H21NO2S. The van der Waals surface area contributed by atoms with Crippen LogP contribution in [0.25, 0.3) is 0 Å². The third-order valence-corrected chi connectivity index (χ3v) is 5.14. The Balaban J connectivity index is 1.77. The summed E-state index contributed by atoms with van der Waals surface area (Å²) in [5.41, 5.74) is 1.41. The third kappa shape index (κ3) is 2.70. The average molecular weight is 279 g/mol. The van der Waals surface area contributed by atoms with E-state index in [4.69, 9.17) is 4.74 Å². The summed E-state index contributed by atoms with van der Waals surface area (Å²) in [6.45, 7) is 5.50. The predicted molar refractivity (Wildman–Crippen MR) is 76.9 cm³/mol. The standard InChI is InChI=1S/C15H21NO2S/c1-10-8-16(9-11(2)18-10)15(17)14-7-12-5-3-4-6-13(12)19-14/h7,10-11H,3-6,8-9H2,1-2H3/t10-,11-/m0/s1. The van der Waals surface area contributed by atoms with Gasteiger partial charge in [-0.25, -0.2) is 0 Å². The summed E-state index contributed by atoms with van der Waals surface area (Å²) in [7, 11) is 0. The molecule has 0 aromatic carbocycles. The van der Waals surface area contributed by atoms with Crippen molar-refractivity contribution in [3.05, 3.63) is 21.4 Å². The second-order valence-corrected chi connectivity index (χ2v) is 6.87. The van der Waals surface area contributed by atoms with Gasteiger partial charge in [-0.1, -0.05) is 0 Å². The van der Waals surface area contributed by atoms with E-state index in [0.29, 0.717) is 13.1 Å². The van der Waals surface area contributed by atoms with Gasteiger partial charge in [0.2, 0.25) is 0 Å². The van der Waals surface area contributed by atoms with E-state index in [2.05, 4.69) is 6.07 Å². The fourth-order valence-electron chi connectivity index (χ4n) is 3.10. The largest absolute Gasteiger partial charge is 0.372 e. The molecule has 0 bridgehead atoms. The minimum Gasteiger partial charge on any atom is -0.372 e. The molecule has 1 fully saturated rings. The maximum absolute atomic E-state index is 12.6. The van der Waals surface area contributed by atoms with Gasteiger partial charge in [0.15, 0.2) is 0 Å². The molecule has 104 valence electrons. The van der Waals surface area contributed by atoms with Crippen LogP contribution in [-0.2, 0) is 17.6 Å². The van der Waals surface area contributed by atoms with Crippen molar-refractivity contribution in [1.29, 1.82) is 0 Å². The summed E-state index contributed by atoms with van der Waals surface area (Å²) in [6.07, 6.45) is 5.12. The second-order valence-electron chi connectivity index (χ2n) is 5.73. The van der Waals surface area contributed by atoms with Crippen molar-refractivity contribution < 1.29 is 9.53 Å². The molecule has 1 aliphatic carbocycles. The van der Waals surface area contributed by atoms with Gasteiger partial charge in [0.05, 0.1) is 17.1 Å². The maximum atomic E-state index is 12.6. The van der Waals surface area contributed by atoms with E-state index >= 15 is 0 Å². The normalized spacial score (nSPS) is 27.2. The fourth-order valence-corrected chi connectivity index (χ4v) is 4.32. The lowest BCUT2D eigenvalue weighted by atomic mass is 9.99. The molecule has 0 unspecified atom stereocenters. The Labute approximate surface area is 118 Å². The van der Waals surface area contributed by atoms with E-state index in [-0.39, 0.29) is 18.1 Å². The number of ether oxygens (including phenoxy) is 1. The van der Waals surface area contributed by atoms with Gasteiger partial charge in [-0.05, 0) is 51.2 Å². The number of aryl methyl sites for hydroxylation is 2. The van der Waals surface area contributed by atoms with Gasteiger partial charge >= 0.3 is 0 Å². The van der Waals surface area contributed by atoms with Crippen LogP contribution < -0.4 is 0 Å². The number of nitrogens with zero attached hydrogens (tertiary/aromatic N) is 1. The zero-order valence-electron chi connectivity index (χ0n) is 11.6. The molecule has 3 rings (SSSR count). The van der Waals surface area contributed by atoms with Crippen LogP contribution in [0.4, 0.5) is 0 Å². The number of hydrogen-bond acceptors (Lipinski definition) is 3. The quantitative estimate of drug-likeness (QED) is 0.791. The van der Waals surface area contributed by atoms with E-state index in [0.717, 1.165) is 17.7 Å². The predicted octanol–water partition coefficient (Wildman–Crippen LogP) is 2.88. The van der Waals surface area contributed by atoms with Gasteiger partial charge in [-0.2, -0.15) is 0 Å². The van der Waals surface area contributed by atoms with Crippen molar-refractivity contribution >= 4 is 17.2 Å². The third-order valence-electron chi connectivity index (χ3n) is 3.91. The maximum Gasteiger partial charge on any atom is 0.264 e. The number of rotatable bonds is 1. The first-order chi connectivity index (χ1) is 9.13. The summed E-state index contributed by atoms with van der Waals surface area (Å²) in [5, 5.41) is 0. The number of fused-ring (bicyclic) bond motifs is 1. The molecule has 4 heteroatoms. The molecule has 0 spiro atoms. The smallest absolute Gasteiger partial charge is 0.264 e. The molecule has 0 N–H and O–H groups in total. The van der Waals surface area contributed by atoms with E-state index in [1.165, 1.54) is 23.3 Å². The van der Waals surface area contributed by atoms with Gasteiger partial charge in [0.25, 0.3) is 5.91 Å². The molecule has 19 heavy (non-hydrogen) atoms. The Hall–Kier alpha value is -0.870. The van der Waals surface area contributed by atoms with Crippen LogP contribution in [0, 0.1) is 0 Å². The van der Waals surface area contributed by atoms with Crippen LogP contribution in [0.1, 0.15) is 46.8 Å². The zero-order valence-corrected chi connectivity index (χ0v) is 12.5. The van der Waals surface area contributed by atoms with Crippen LogP contribution in [0.3, 0.4) is 0 Å². The van der Waals surface area contributed by atoms with Crippen LogP contribution in [-0.4, -0.2) is 36.1 Å². The monoisotopic (exact) mass is 279 g/mol. The first-order valence-corrected chi connectivity index (χ1v) is 8.01. The Morgan fingerprint density at radius 3 is 2.63 bits per heavy atom. The molecular weight excluding hydrogens is 258 g/mol. The average Bonchev–Trinajstić information content (AvgIpc) is 2.80. The van der Waals surface area contributed by atoms with E-state index in [1.54, 1.807) is 11.3 Å². The summed E-state index contributed by atoms with van der Waals surface area (Å²) >= 11 is 1.71. The Morgan fingerprint density at radius 1 is 1.26 bits per heavy atom. The zero-order chi connectivity index (χ0) is 13.4. The number of amides is 1. The Bertz CT molecular complexity index is 449. The molecule has 1 aliphatic heterocycles. The molecule has 2 heterocycles. The van der Waals surface area contributed by atoms with Gasteiger partial charge in [-0.3, -0.25) is 4.79 Å². The minimum atomic E-state index is 0.141. The highest BCUT2D eigenvalue weighted by molar-refractivity contribution is 7.14. The van der Waals surface area contributed by atoms with Crippen molar-refractivity contribution in [2.45, 2.75) is 51.7 Å². The molecule has 1 saturated heterocycles. The summed E-state index contributed by atoms with van der Waals surface area (Å²) < 4.78 is 5.69. The summed E-state index contributed by atoms with van der Waals surface area (Å²) in [6, 6.07) is 2.13. The highest BCUT2D eigenvalue weighted by Crippen LogP contribution is 2.30. The van der Waals surface area contributed by atoms with Crippen LogP contribution in [0.2, 0.25) is 0 Å². The first kappa shape index (κ1) is 13.1. The lowest BCUT2D eigenvalue weighted by Gasteiger charge is -2.35. The summed E-state index contributed by atoms with van der Waals surface area (Å²) in [4.78, 5) is 16.9. The van der Waals surface area contributed by atoms with E-state index in [9.17, 15) is 4.79 Å². The SMILES string of the molecule is C[C@H]1CN(C(=O)c2cc3c(s2)CCCC3)C[C@H](C)O1. The van der Waals surface area contributed by atoms with Crippen molar-refractivity contribution in [3.63, 3.8) is 0 Å². The number of morpholine rings is 1. The number of carbonyl (C=O) groups excluding carboxylic acids is 1. The van der Waals surface area contributed by atoms with Gasteiger partial charge < -0.3 is 9.64 Å². The molecule has 2 atom stereocenters. The number of carbonyl (C=O) groups is 1. The fraction of sp³-hybridized carbons (Fsp3) is 0.667. The van der Waals surface area contributed by atoms with Crippen molar-refractivity contribution in [2.24, 2.45) is 0 Å². The van der Waals surface area contributed by atoms with Gasteiger partial charge in [0, 0.05) is 18.0 Å². The van der Waals surface area contributed by atoms with E-state index in [1.807, 2.05) is 18.7 Å². The van der Waals surface area contributed by atoms with Crippen LogP contribution in [0.15, 0.2) is 6.07 Å². The van der Waals surface area contributed by atoms with Crippen LogP contribution in [0.5, 0.6) is 0 Å². The molecule has 1 aromatic heterocycles. The van der Waals surface area contributed by atoms with Crippen molar-refractivity contribution in [1.82, 2.24) is 4.90 Å². The van der Waals surface area contributed by atoms with Crippen LogP contribution >= 0.6 is 11.3 Å².